The van der Waals surface area contributed by atoms with Crippen molar-refractivity contribution in [1.29, 1.82) is 0 Å². The van der Waals surface area contributed by atoms with E-state index in [0.717, 1.165) is 13.8 Å². The average molecular weight is 221 g/mol. The van der Waals surface area contributed by atoms with E-state index < -0.39 is 11.9 Å². The molecule has 0 aromatic carbocycles. The van der Waals surface area contributed by atoms with Crippen molar-refractivity contribution < 1.29 is 31.0 Å². The van der Waals surface area contributed by atoms with E-state index in [9.17, 15) is 0 Å². The van der Waals surface area contributed by atoms with Gasteiger partial charge in [0.25, 0.3) is 11.9 Å². The summed E-state index contributed by atoms with van der Waals surface area (Å²) in [5.41, 5.74) is 0. The zero-order chi connectivity index (χ0) is 7.15. The van der Waals surface area contributed by atoms with Crippen molar-refractivity contribution in [3.05, 3.63) is 0 Å². The van der Waals surface area contributed by atoms with Gasteiger partial charge in [-0.15, -0.1) is 0 Å². The molecule has 0 spiro atoms. The number of rotatable bonds is 0. The molecule has 0 aliphatic rings. The van der Waals surface area contributed by atoms with Crippen LogP contribution in [0.25, 0.3) is 0 Å². The Morgan fingerprint density at radius 3 is 1.00 bits per heavy atom. The molecule has 8 heteroatoms. The minimum Gasteiger partial charge on any atom is -1.00 e. The fourth-order valence-corrected chi connectivity index (χ4v) is 0. The molecular weight excluding hydrogens is 204 g/mol. The Kier molecular flexibility index (Phi) is 94.6. The zero-order valence-electron chi connectivity index (χ0n) is 10.6. The Hall–Kier alpha value is 0.965. The molecular formula is C4H17AlMg2O5. The van der Waals surface area contributed by atoms with Crippen LogP contribution < -0.4 is 0 Å². The minimum atomic E-state index is -0.833. The molecule has 0 bridgehead atoms. The van der Waals surface area contributed by atoms with Crippen molar-refractivity contribution in [3.63, 3.8) is 0 Å². The monoisotopic (exact) mass is 220 g/mol. The Morgan fingerprint density at radius 2 is 1.00 bits per heavy atom. The molecule has 0 unspecified atom stereocenters. The number of carbonyl (C=O) groups is 2. The van der Waals surface area contributed by atoms with E-state index in [-0.39, 0.29) is 74.6 Å². The van der Waals surface area contributed by atoms with Gasteiger partial charge in [0.15, 0.2) is 17.4 Å². The van der Waals surface area contributed by atoms with E-state index in [1.807, 2.05) is 0 Å². The zero-order valence-corrected chi connectivity index (χ0v) is 9.45. The van der Waals surface area contributed by atoms with E-state index in [1.165, 1.54) is 0 Å². The van der Waals surface area contributed by atoms with Crippen LogP contribution in [0, 0.1) is 0 Å². The predicted molar refractivity (Wildman–Crippen MR) is 56.1 cm³/mol. The van der Waals surface area contributed by atoms with Crippen LogP contribution in [-0.4, -0.2) is 91.1 Å². The topological polar surface area (TPSA) is 106 Å². The van der Waals surface area contributed by atoms with Crippen LogP contribution in [0.4, 0.5) is 0 Å². The van der Waals surface area contributed by atoms with Gasteiger partial charge in [0.1, 0.15) is 0 Å². The van der Waals surface area contributed by atoms with Gasteiger partial charge in [-0.25, -0.2) is 0 Å². The molecule has 0 saturated heterocycles. The number of hydrogen-bond donors (Lipinski definition) is 2. The summed E-state index contributed by atoms with van der Waals surface area (Å²) < 4.78 is 0. The van der Waals surface area contributed by atoms with Crippen molar-refractivity contribution in [1.82, 2.24) is 0 Å². The number of aliphatic carboxylic acids is 2. The van der Waals surface area contributed by atoms with Crippen molar-refractivity contribution in [2.45, 2.75) is 13.8 Å². The molecule has 0 aromatic rings. The maximum atomic E-state index is 9.00. The van der Waals surface area contributed by atoms with Crippen LogP contribution in [-0.2, 0) is 9.59 Å². The molecule has 0 aliphatic heterocycles. The largest absolute Gasteiger partial charge is 2.00 e. The molecule has 0 fully saturated rings. The summed E-state index contributed by atoms with van der Waals surface area (Å²) >= 11 is 0. The van der Waals surface area contributed by atoms with E-state index in [4.69, 9.17) is 19.8 Å². The van der Waals surface area contributed by atoms with Crippen molar-refractivity contribution in [2.75, 3.05) is 0 Å². The van der Waals surface area contributed by atoms with Gasteiger partial charge in [0.2, 0.25) is 0 Å². The molecule has 0 aliphatic carbocycles. The van der Waals surface area contributed by atoms with Gasteiger partial charge < -0.3 is 21.4 Å². The van der Waals surface area contributed by atoms with E-state index in [2.05, 4.69) is 0 Å². The maximum Gasteiger partial charge on any atom is 2.00 e. The summed E-state index contributed by atoms with van der Waals surface area (Å²) in [5, 5.41) is 14.8. The van der Waals surface area contributed by atoms with Crippen molar-refractivity contribution in [2.24, 2.45) is 0 Å². The van der Waals surface area contributed by atoms with E-state index in [0.29, 0.717) is 0 Å². The quantitative estimate of drug-likeness (QED) is 0.455. The molecule has 4 N–H and O–H groups in total. The second-order valence-corrected chi connectivity index (χ2v) is 1.04. The average Bonchev–Trinajstić information content (AvgIpc) is 1.25. The van der Waals surface area contributed by atoms with Gasteiger partial charge in [-0.1, -0.05) is 0 Å². The molecule has 0 saturated carbocycles. The van der Waals surface area contributed by atoms with Gasteiger partial charge in [-0.2, -0.15) is 0 Å². The summed E-state index contributed by atoms with van der Waals surface area (Å²) in [6, 6.07) is 0. The van der Waals surface area contributed by atoms with Gasteiger partial charge >= 0.3 is 46.1 Å². The summed E-state index contributed by atoms with van der Waals surface area (Å²) in [6.45, 7) is 2.17. The Balaban J connectivity index is -0.00000000375. The first kappa shape index (κ1) is 38.3. The van der Waals surface area contributed by atoms with Crippen LogP contribution >= 0.6 is 0 Å². The van der Waals surface area contributed by atoms with Crippen molar-refractivity contribution >= 4 is 75.4 Å². The van der Waals surface area contributed by atoms with Crippen molar-refractivity contribution in [3.8, 4) is 0 Å². The third-order valence-corrected chi connectivity index (χ3v) is 0. The third-order valence-electron chi connectivity index (χ3n) is 0. The number of carboxylic acid groups (broad SMARTS) is 2. The molecule has 0 atom stereocenters. The molecule has 0 amide bonds. The minimum absolute atomic E-state index is 0. The first-order valence-corrected chi connectivity index (χ1v) is 1.86. The fourth-order valence-electron chi connectivity index (χ4n) is 0. The van der Waals surface area contributed by atoms with Gasteiger partial charge in [0, 0.05) is 13.8 Å². The summed E-state index contributed by atoms with van der Waals surface area (Å²) in [7, 11) is 0. The third kappa shape index (κ3) is 1170. The molecule has 12 heavy (non-hydrogen) atoms. The molecule has 5 nitrogen and oxygen atoms in total. The Labute approximate surface area is 120 Å². The molecule has 0 radical (unpaired) electrons. The second kappa shape index (κ2) is 29.7. The van der Waals surface area contributed by atoms with E-state index in [1.54, 1.807) is 0 Å². The Morgan fingerprint density at radius 1 is 1.00 bits per heavy atom. The van der Waals surface area contributed by atoms with Crippen LogP contribution in [0.3, 0.4) is 0 Å². The second-order valence-electron chi connectivity index (χ2n) is 1.04. The van der Waals surface area contributed by atoms with Gasteiger partial charge in [-0.3, -0.25) is 9.59 Å². The summed E-state index contributed by atoms with van der Waals surface area (Å²) in [4.78, 5) is 18.0. The normalized spacial score (nSPS) is 4.17. The van der Waals surface area contributed by atoms with Crippen LogP contribution in [0.15, 0.2) is 0 Å². The first-order valence-electron chi connectivity index (χ1n) is 1.86. The van der Waals surface area contributed by atoms with Crippen LogP contribution in [0.5, 0.6) is 0 Å². The number of carboxylic acids is 2. The summed E-state index contributed by atoms with van der Waals surface area (Å²) in [6.07, 6.45) is 0. The number of hydrogen-bond acceptors (Lipinski definition) is 2. The molecule has 70 valence electrons. The Bertz CT molecular complexity index is 92.4. The SMILES string of the molecule is CC(=O)O.CC(=O)O.O.[AlH3].[H-].[H-].[H-].[H-].[Mg+2].[Mg+2]. The maximum absolute atomic E-state index is 9.00. The predicted octanol–water partition coefficient (Wildman–Crippen LogP) is -2.14. The first-order chi connectivity index (χ1) is 3.46. The molecule has 0 heterocycles. The van der Waals surface area contributed by atoms with Gasteiger partial charge in [0.05, 0.1) is 0 Å². The summed E-state index contributed by atoms with van der Waals surface area (Å²) in [5.74, 6) is -1.67. The smallest absolute Gasteiger partial charge is 1.00 e. The van der Waals surface area contributed by atoms with E-state index >= 15 is 0 Å². The standard InChI is InChI=1S/2C2H4O2.Al.2Mg.H2O.7H/c2*1-2(3)4;;;;;;;;;;;/h2*1H3,(H,3,4);;;;1H2;;;;;;;/q;;;2*+2;;;;;4*-1. The van der Waals surface area contributed by atoms with Crippen LogP contribution in [0.1, 0.15) is 19.6 Å². The van der Waals surface area contributed by atoms with Crippen LogP contribution in [0.2, 0.25) is 0 Å². The van der Waals surface area contributed by atoms with Gasteiger partial charge in [-0.05, 0) is 0 Å². The molecule has 0 rings (SSSR count). The fraction of sp³-hybridized carbons (Fsp3) is 0.500. The molecule has 0 aromatic heterocycles.